The van der Waals surface area contributed by atoms with Crippen LogP contribution in [-0.2, 0) is 4.79 Å². The van der Waals surface area contributed by atoms with Crippen molar-refractivity contribution >= 4 is 39.4 Å². The molecule has 130 valence electrons. The number of esters is 1. The fourth-order valence-corrected chi connectivity index (χ4v) is 3.89. The number of aromatic nitrogens is 2. The summed E-state index contributed by atoms with van der Waals surface area (Å²) in [5.74, 6) is 0.0787. The Morgan fingerprint density at radius 2 is 1.96 bits per heavy atom. The van der Waals surface area contributed by atoms with Gasteiger partial charge >= 0.3 is 5.97 Å². The molecule has 0 bridgehead atoms. The van der Waals surface area contributed by atoms with Gasteiger partial charge in [-0.2, -0.15) is 0 Å². The lowest BCUT2D eigenvalue weighted by molar-refractivity contribution is -0.131. The number of imidazole rings is 1. The van der Waals surface area contributed by atoms with Gasteiger partial charge in [0.2, 0.25) is 0 Å². The maximum absolute atomic E-state index is 12.9. The molecule has 0 atom stereocenters. The van der Waals surface area contributed by atoms with Crippen LogP contribution in [0.3, 0.4) is 0 Å². The molecule has 4 aromatic rings. The fraction of sp³-hybridized carbons (Fsp3) is 0.150. The molecular weight excluding hydrogens is 348 g/mol. The normalized spacial score (nSPS) is 12.2. The third-order valence-corrected chi connectivity index (χ3v) is 5.24. The lowest BCUT2D eigenvalue weighted by Gasteiger charge is -2.01. The smallest absolute Gasteiger partial charge is 0.308 e. The summed E-state index contributed by atoms with van der Waals surface area (Å²) in [6.07, 6.45) is 1.79. The molecule has 0 aliphatic rings. The predicted molar refractivity (Wildman–Crippen MR) is 103 cm³/mol. The van der Waals surface area contributed by atoms with Crippen LogP contribution in [0.4, 0.5) is 0 Å². The molecule has 0 unspecified atom stereocenters. The number of hydrogen-bond acceptors (Lipinski definition) is 5. The highest BCUT2D eigenvalue weighted by Crippen LogP contribution is 2.21. The standard InChI is InChI=1S/C20H16N2O3S/c1-11-7-16-17(8-12(11)2)22-19(24)18(26-20(22)21-16)10-14-5-4-6-15(9-14)25-13(3)23/h4-10H,1-3H3/b18-10+. The molecule has 2 heterocycles. The van der Waals surface area contributed by atoms with Crippen molar-refractivity contribution < 1.29 is 9.53 Å². The first kappa shape index (κ1) is 16.5. The molecule has 0 saturated carbocycles. The summed E-state index contributed by atoms with van der Waals surface area (Å²) in [4.78, 5) is 29.3. The van der Waals surface area contributed by atoms with Crippen molar-refractivity contribution in [3.63, 3.8) is 0 Å². The highest BCUT2D eigenvalue weighted by molar-refractivity contribution is 7.15. The van der Waals surface area contributed by atoms with Gasteiger partial charge in [0.05, 0.1) is 15.6 Å². The van der Waals surface area contributed by atoms with E-state index in [0.717, 1.165) is 27.7 Å². The van der Waals surface area contributed by atoms with Crippen LogP contribution in [0.2, 0.25) is 0 Å². The second-order valence-corrected chi connectivity index (χ2v) is 7.25. The molecule has 5 nitrogen and oxygen atoms in total. The summed E-state index contributed by atoms with van der Waals surface area (Å²) in [5, 5.41) is 0. The molecule has 0 spiro atoms. The molecule has 0 N–H and O–H groups in total. The second kappa shape index (κ2) is 6.07. The molecular formula is C20H16N2O3S. The van der Waals surface area contributed by atoms with Gasteiger partial charge in [-0.15, -0.1) is 0 Å². The number of rotatable bonds is 2. The van der Waals surface area contributed by atoms with Crippen LogP contribution in [0, 0.1) is 13.8 Å². The average Bonchev–Trinajstić information content (AvgIpc) is 3.05. The Kier molecular flexibility index (Phi) is 3.85. The van der Waals surface area contributed by atoms with Crippen LogP contribution in [0.5, 0.6) is 5.75 Å². The van der Waals surface area contributed by atoms with Gasteiger partial charge in [0.25, 0.3) is 5.56 Å². The molecule has 2 aromatic carbocycles. The van der Waals surface area contributed by atoms with E-state index >= 15 is 0 Å². The van der Waals surface area contributed by atoms with Crippen LogP contribution in [0.1, 0.15) is 23.6 Å². The van der Waals surface area contributed by atoms with E-state index in [0.29, 0.717) is 15.2 Å². The molecule has 0 saturated heterocycles. The molecule has 0 aliphatic carbocycles. The Morgan fingerprint density at radius 3 is 2.73 bits per heavy atom. The summed E-state index contributed by atoms with van der Waals surface area (Å²) in [6, 6.07) is 11.1. The minimum Gasteiger partial charge on any atom is -0.427 e. The van der Waals surface area contributed by atoms with Crippen molar-refractivity contribution in [3.05, 3.63) is 68.0 Å². The number of carbonyl (C=O) groups excluding carboxylic acids is 1. The van der Waals surface area contributed by atoms with Crippen molar-refractivity contribution in [3.8, 4) is 5.75 Å². The molecule has 4 rings (SSSR count). The largest absolute Gasteiger partial charge is 0.427 e. The molecule has 0 aliphatic heterocycles. The van der Waals surface area contributed by atoms with E-state index in [9.17, 15) is 9.59 Å². The van der Waals surface area contributed by atoms with E-state index in [4.69, 9.17) is 4.74 Å². The van der Waals surface area contributed by atoms with Gasteiger partial charge in [0.15, 0.2) is 4.96 Å². The Labute approximate surface area is 153 Å². The minimum atomic E-state index is -0.376. The number of benzene rings is 2. The number of fused-ring (bicyclic) bond motifs is 3. The van der Waals surface area contributed by atoms with E-state index in [1.807, 2.05) is 32.0 Å². The van der Waals surface area contributed by atoms with Crippen molar-refractivity contribution in [2.45, 2.75) is 20.8 Å². The van der Waals surface area contributed by atoms with Gasteiger partial charge in [-0.3, -0.25) is 9.59 Å². The van der Waals surface area contributed by atoms with E-state index < -0.39 is 0 Å². The number of thiazole rings is 1. The first-order chi connectivity index (χ1) is 12.4. The van der Waals surface area contributed by atoms with Gasteiger partial charge in [0, 0.05) is 6.92 Å². The van der Waals surface area contributed by atoms with E-state index in [-0.39, 0.29) is 11.5 Å². The molecule has 0 amide bonds. The maximum atomic E-state index is 12.9. The SMILES string of the molecule is CC(=O)Oc1cccc(/C=c2/sc3nc4cc(C)c(C)cc4n3c2=O)c1. The average molecular weight is 364 g/mol. The van der Waals surface area contributed by atoms with Gasteiger partial charge in [-0.1, -0.05) is 23.5 Å². The summed E-state index contributed by atoms with van der Waals surface area (Å²) < 4.78 is 7.35. The van der Waals surface area contributed by atoms with Crippen LogP contribution < -0.4 is 14.8 Å². The molecule has 0 radical (unpaired) electrons. The van der Waals surface area contributed by atoms with Gasteiger partial charge < -0.3 is 4.74 Å². The zero-order valence-corrected chi connectivity index (χ0v) is 15.4. The minimum absolute atomic E-state index is 0.0892. The first-order valence-electron chi connectivity index (χ1n) is 8.15. The second-order valence-electron chi connectivity index (χ2n) is 6.24. The zero-order valence-electron chi connectivity index (χ0n) is 14.6. The zero-order chi connectivity index (χ0) is 18.4. The topological polar surface area (TPSA) is 60.7 Å². The van der Waals surface area contributed by atoms with Gasteiger partial charge in [0.1, 0.15) is 5.75 Å². The molecule has 2 aromatic heterocycles. The predicted octanol–water partition coefficient (Wildman–Crippen LogP) is 3.00. The van der Waals surface area contributed by atoms with Gasteiger partial charge in [-0.05, 0) is 60.9 Å². The summed E-state index contributed by atoms with van der Waals surface area (Å²) >= 11 is 1.35. The van der Waals surface area contributed by atoms with Crippen LogP contribution in [0.25, 0.3) is 22.1 Å². The van der Waals surface area contributed by atoms with E-state index in [2.05, 4.69) is 4.98 Å². The molecule has 26 heavy (non-hydrogen) atoms. The number of aryl methyl sites for hydroxylation is 2. The Balaban J connectivity index is 1.89. The molecule has 0 fully saturated rings. The lowest BCUT2D eigenvalue weighted by Crippen LogP contribution is -2.22. The van der Waals surface area contributed by atoms with Crippen molar-refractivity contribution in [1.29, 1.82) is 0 Å². The summed E-state index contributed by atoms with van der Waals surface area (Å²) in [7, 11) is 0. The van der Waals surface area contributed by atoms with Crippen molar-refractivity contribution in [1.82, 2.24) is 9.38 Å². The number of nitrogens with zero attached hydrogens (tertiary/aromatic N) is 2. The number of ether oxygens (including phenoxy) is 1. The van der Waals surface area contributed by atoms with E-state index in [1.165, 1.54) is 18.3 Å². The summed E-state index contributed by atoms with van der Waals surface area (Å²) in [5.41, 5.74) is 4.65. The maximum Gasteiger partial charge on any atom is 0.308 e. The van der Waals surface area contributed by atoms with Crippen LogP contribution >= 0.6 is 11.3 Å². The van der Waals surface area contributed by atoms with Crippen LogP contribution in [-0.4, -0.2) is 15.4 Å². The monoisotopic (exact) mass is 364 g/mol. The van der Waals surface area contributed by atoms with Gasteiger partial charge in [-0.25, -0.2) is 9.38 Å². The van der Waals surface area contributed by atoms with Crippen molar-refractivity contribution in [2.24, 2.45) is 0 Å². The Bertz CT molecular complexity index is 1280. The Hall–Kier alpha value is -2.99. The van der Waals surface area contributed by atoms with Crippen molar-refractivity contribution in [2.75, 3.05) is 0 Å². The summed E-state index contributed by atoms with van der Waals surface area (Å²) in [6.45, 7) is 5.42. The highest BCUT2D eigenvalue weighted by Gasteiger charge is 2.12. The highest BCUT2D eigenvalue weighted by atomic mass is 32.1. The quantitative estimate of drug-likeness (QED) is 0.405. The number of hydrogen-bond donors (Lipinski definition) is 0. The third-order valence-electron chi connectivity index (χ3n) is 4.27. The van der Waals surface area contributed by atoms with Crippen LogP contribution in [0.15, 0.2) is 41.2 Å². The number of carbonyl (C=O) groups is 1. The third kappa shape index (κ3) is 2.78. The van der Waals surface area contributed by atoms with E-state index in [1.54, 1.807) is 28.7 Å². The lowest BCUT2D eigenvalue weighted by atomic mass is 10.1. The fourth-order valence-electron chi connectivity index (χ4n) is 2.90. The molecule has 6 heteroatoms. The first-order valence-corrected chi connectivity index (χ1v) is 8.96. The Morgan fingerprint density at radius 1 is 1.19 bits per heavy atom.